The van der Waals surface area contributed by atoms with Crippen LogP contribution in [0, 0.1) is 0 Å². The molecule has 0 aliphatic rings. The van der Waals surface area contributed by atoms with Gasteiger partial charge in [0.1, 0.15) is 0 Å². The van der Waals surface area contributed by atoms with Gasteiger partial charge in [0, 0.05) is 46.7 Å². The van der Waals surface area contributed by atoms with E-state index in [1.54, 1.807) is 0 Å². The monoisotopic (exact) mass is 348 g/mol. The second-order valence-electron chi connectivity index (χ2n) is 6.24. The largest absolute Gasteiger partial charge is 0.395 e. The number of benzene rings is 2. The summed E-state index contributed by atoms with van der Waals surface area (Å²) in [5.74, 6) is -0.0129. The van der Waals surface area contributed by atoms with Gasteiger partial charge in [0.25, 0.3) is 0 Å². The van der Waals surface area contributed by atoms with E-state index in [1.165, 1.54) is 0 Å². The number of H-pyrrole nitrogens is 1. The number of rotatable bonds is 5. The number of carbonyl (C=O) groups excluding carboxylic acids is 1. The molecule has 0 unspecified atom stereocenters. The molecule has 0 aliphatic carbocycles. The molecule has 0 fully saturated rings. The Bertz CT molecular complexity index is 1090. The van der Waals surface area contributed by atoms with E-state index in [-0.39, 0.29) is 12.5 Å². The van der Waals surface area contributed by atoms with E-state index in [0.717, 1.165) is 38.8 Å². The maximum absolute atomic E-state index is 11.7. The Morgan fingerprint density at radius 2 is 2.12 bits per heavy atom. The first-order chi connectivity index (χ1) is 12.7. The Labute approximate surface area is 150 Å². The number of nitrogens with zero attached hydrogens (tertiary/aromatic N) is 2. The Hall–Kier alpha value is -3.12. The van der Waals surface area contributed by atoms with Crippen molar-refractivity contribution in [1.29, 1.82) is 0 Å². The summed E-state index contributed by atoms with van der Waals surface area (Å²) in [4.78, 5) is 11.7. The van der Waals surface area contributed by atoms with Crippen molar-refractivity contribution in [3.05, 3.63) is 48.7 Å². The van der Waals surface area contributed by atoms with Crippen molar-refractivity contribution >= 4 is 33.4 Å². The van der Waals surface area contributed by atoms with Gasteiger partial charge in [-0.1, -0.05) is 13.0 Å². The summed E-state index contributed by atoms with van der Waals surface area (Å²) in [7, 11) is 0. The van der Waals surface area contributed by atoms with E-state index in [1.807, 2.05) is 54.1 Å². The molecule has 0 radical (unpaired) electrons. The van der Waals surface area contributed by atoms with E-state index >= 15 is 0 Å². The third-order valence-electron chi connectivity index (χ3n) is 4.55. The molecule has 132 valence electrons. The number of aliphatic hydroxyl groups is 1. The Morgan fingerprint density at radius 3 is 2.92 bits per heavy atom. The number of nitrogens with one attached hydrogen (secondary N) is 2. The average molecular weight is 348 g/mol. The number of hydrogen-bond donors (Lipinski definition) is 3. The molecule has 3 N–H and O–H groups in total. The minimum Gasteiger partial charge on any atom is -0.395 e. The SMILES string of the molecule is CCC(=O)Nc1ccc2[nH]nc(-c3ccc4c(ccn4CCO)c3)c2c1. The Balaban J connectivity index is 1.77. The first kappa shape index (κ1) is 16.4. The zero-order valence-corrected chi connectivity index (χ0v) is 14.5. The Morgan fingerprint density at radius 1 is 1.23 bits per heavy atom. The van der Waals surface area contributed by atoms with E-state index in [2.05, 4.69) is 21.6 Å². The maximum atomic E-state index is 11.7. The van der Waals surface area contributed by atoms with Crippen LogP contribution in [0.5, 0.6) is 0 Å². The van der Waals surface area contributed by atoms with Crippen LogP contribution in [-0.2, 0) is 11.3 Å². The molecule has 0 bridgehead atoms. The quantitative estimate of drug-likeness (QED) is 0.516. The molecular weight excluding hydrogens is 328 g/mol. The molecule has 0 atom stereocenters. The highest BCUT2D eigenvalue weighted by atomic mass is 16.3. The lowest BCUT2D eigenvalue weighted by Crippen LogP contribution is -2.09. The van der Waals surface area contributed by atoms with Gasteiger partial charge in [0.15, 0.2) is 0 Å². The van der Waals surface area contributed by atoms with Crippen molar-refractivity contribution in [3.63, 3.8) is 0 Å². The second-order valence-corrected chi connectivity index (χ2v) is 6.24. The van der Waals surface area contributed by atoms with Crippen LogP contribution in [0.15, 0.2) is 48.7 Å². The van der Waals surface area contributed by atoms with Gasteiger partial charge >= 0.3 is 0 Å². The minimum absolute atomic E-state index is 0.0129. The van der Waals surface area contributed by atoms with Crippen LogP contribution in [0.25, 0.3) is 33.1 Å². The highest BCUT2D eigenvalue weighted by Gasteiger charge is 2.11. The van der Waals surface area contributed by atoms with Gasteiger partial charge in [-0.2, -0.15) is 5.10 Å². The third-order valence-corrected chi connectivity index (χ3v) is 4.55. The van der Waals surface area contributed by atoms with Crippen LogP contribution in [0.4, 0.5) is 5.69 Å². The zero-order valence-electron chi connectivity index (χ0n) is 14.5. The standard InChI is InChI=1S/C20H20N4O2/c1-2-19(26)21-15-4-5-17-16(12-15)20(23-22-17)14-3-6-18-13(11-14)7-8-24(18)9-10-25/h3-8,11-12,25H,2,9-10H2,1H3,(H,21,26)(H,22,23). The molecule has 2 aromatic carbocycles. The van der Waals surface area contributed by atoms with Gasteiger partial charge in [-0.15, -0.1) is 0 Å². The average Bonchev–Trinajstić information content (AvgIpc) is 3.25. The number of anilines is 1. The van der Waals surface area contributed by atoms with Crippen molar-refractivity contribution in [2.75, 3.05) is 11.9 Å². The Kier molecular flexibility index (Phi) is 4.18. The number of fused-ring (bicyclic) bond motifs is 2. The number of hydrogen-bond acceptors (Lipinski definition) is 3. The molecular formula is C20H20N4O2. The van der Waals surface area contributed by atoms with Crippen molar-refractivity contribution < 1.29 is 9.90 Å². The molecule has 2 aromatic heterocycles. The van der Waals surface area contributed by atoms with Gasteiger partial charge in [-0.05, 0) is 36.4 Å². The van der Waals surface area contributed by atoms with Crippen molar-refractivity contribution in [3.8, 4) is 11.3 Å². The molecule has 0 saturated carbocycles. The van der Waals surface area contributed by atoms with Crippen LogP contribution in [0.2, 0.25) is 0 Å². The summed E-state index contributed by atoms with van der Waals surface area (Å²) in [5.41, 5.74) is 4.63. The van der Waals surface area contributed by atoms with Gasteiger partial charge in [0.2, 0.25) is 5.91 Å². The first-order valence-corrected chi connectivity index (χ1v) is 8.67. The zero-order chi connectivity index (χ0) is 18.1. The van der Waals surface area contributed by atoms with Crippen molar-refractivity contribution in [2.24, 2.45) is 0 Å². The molecule has 0 saturated heterocycles. The lowest BCUT2D eigenvalue weighted by Gasteiger charge is -2.05. The maximum Gasteiger partial charge on any atom is 0.224 e. The van der Waals surface area contributed by atoms with Crippen LogP contribution >= 0.6 is 0 Å². The fourth-order valence-corrected chi connectivity index (χ4v) is 3.21. The van der Waals surface area contributed by atoms with Crippen LogP contribution in [0.3, 0.4) is 0 Å². The third kappa shape index (κ3) is 2.84. The predicted molar refractivity (Wildman–Crippen MR) is 103 cm³/mol. The summed E-state index contributed by atoms with van der Waals surface area (Å²) >= 11 is 0. The van der Waals surface area contributed by atoms with Crippen LogP contribution in [-0.4, -0.2) is 32.4 Å². The predicted octanol–water partition coefficient (Wildman–Crippen LogP) is 3.53. The van der Waals surface area contributed by atoms with Gasteiger partial charge in [0.05, 0.1) is 17.8 Å². The second kappa shape index (κ2) is 6.65. The van der Waals surface area contributed by atoms with E-state index in [0.29, 0.717) is 13.0 Å². The molecule has 2 heterocycles. The van der Waals surface area contributed by atoms with Crippen molar-refractivity contribution in [2.45, 2.75) is 19.9 Å². The van der Waals surface area contributed by atoms with Gasteiger partial charge in [-0.25, -0.2) is 0 Å². The van der Waals surface area contributed by atoms with E-state index in [9.17, 15) is 4.79 Å². The summed E-state index contributed by atoms with van der Waals surface area (Å²) in [5, 5.41) is 21.6. The number of carbonyl (C=O) groups is 1. The summed E-state index contributed by atoms with van der Waals surface area (Å²) in [6.45, 7) is 2.52. The number of aliphatic hydroxyl groups excluding tert-OH is 1. The summed E-state index contributed by atoms with van der Waals surface area (Å²) in [6, 6.07) is 13.9. The molecule has 26 heavy (non-hydrogen) atoms. The number of amides is 1. The molecule has 4 aromatic rings. The number of aromatic nitrogens is 3. The minimum atomic E-state index is -0.0129. The molecule has 6 nitrogen and oxygen atoms in total. The fourth-order valence-electron chi connectivity index (χ4n) is 3.21. The molecule has 0 spiro atoms. The van der Waals surface area contributed by atoms with Crippen molar-refractivity contribution in [1.82, 2.24) is 14.8 Å². The normalized spacial score (nSPS) is 11.3. The molecule has 4 rings (SSSR count). The first-order valence-electron chi connectivity index (χ1n) is 8.67. The lowest BCUT2D eigenvalue weighted by molar-refractivity contribution is -0.115. The number of aromatic amines is 1. The van der Waals surface area contributed by atoms with E-state index < -0.39 is 0 Å². The summed E-state index contributed by atoms with van der Waals surface area (Å²) in [6.07, 6.45) is 2.42. The highest BCUT2D eigenvalue weighted by Crippen LogP contribution is 2.31. The summed E-state index contributed by atoms with van der Waals surface area (Å²) < 4.78 is 2.03. The lowest BCUT2D eigenvalue weighted by atomic mass is 10.1. The topological polar surface area (TPSA) is 82.9 Å². The smallest absolute Gasteiger partial charge is 0.224 e. The molecule has 6 heteroatoms. The molecule has 1 amide bonds. The van der Waals surface area contributed by atoms with Gasteiger partial charge < -0.3 is 15.0 Å². The molecule has 0 aliphatic heterocycles. The highest BCUT2D eigenvalue weighted by molar-refractivity contribution is 5.99. The fraction of sp³-hybridized carbons (Fsp3) is 0.200. The van der Waals surface area contributed by atoms with Crippen LogP contribution < -0.4 is 5.32 Å². The van der Waals surface area contributed by atoms with E-state index in [4.69, 9.17) is 5.11 Å². The van der Waals surface area contributed by atoms with Crippen LogP contribution in [0.1, 0.15) is 13.3 Å². The van der Waals surface area contributed by atoms with Gasteiger partial charge in [-0.3, -0.25) is 9.89 Å².